The number of nitrogens with two attached hydrogens (primary N) is 1. The number of ether oxygens (including phenoxy) is 1. The van der Waals surface area contributed by atoms with Gasteiger partial charge in [0.2, 0.25) is 0 Å². The monoisotopic (exact) mass is 269 g/mol. The van der Waals surface area contributed by atoms with Gasteiger partial charge in [-0.2, -0.15) is 0 Å². The Morgan fingerprint density at radius 1 is 1.30 bits per heavy atom. The SMILES string of the molecule is NCc1cc(CN2C(=O)COc3ccccc32)ccn1. The second-order valence-electron chi connectivity index (χ2n) is 4.60. The molecule has 0 fully saturated rings. The van der Waals surface area contributed by atoms with Crippen molar-refractivity contribution in [2.24, 2.45) is 5.73 Å². The van der Waals surface area contributed by atoms with E-state index in [0.717, 1.165) is 22.7 Å². The lowest BCUT2D eigenvalue weighted by Gasteiger charge is -2.29. The maximum Gasteiger partial charge on any atom is 0.265 e. The summed E-state index contributed by atoms with van der Waals surface area (Å²) in [7, 11) is 0. The molecule has 0 radical (unpaired) electrons. The Hall–Kier alpha value is -2.40. The predicted octanol–water partition coefficient (Wildman–Crippen LogP) is 1.47. The molecule has 3 rings (SSSR count). The predicted molar refractivity (Wildman–Crippen MR) is 75.3 cm³/mol. The molecule has 20 heavy (non-hydrogen) atoms. The van der Waals surface area contributed by atoms with E-state index in [9.17, 15) is 4.79 Å². The van der Waals surface area contributed by atoms with Crippen molar-refractivity contribution < 1.29 is 9.53 Å². The van der Waals surface area contributed by atoms with E-state index in [1.807, 2.05) is 36.4 Å². The quantitative estimate of drug-likeness (QED) is 0.916. The maximum atomic E-state index is 12.1. The summed E-state index contributed by atoms with van der Waals surface area (Å²) in [4.78, 5) is 18.0. The third kappa shape index (κ3) is 2.35. The molecule has 5 heteroatoms. The molecular formula is C15H15N3O2. The number of anilines is 1. The van der Waals surface area contributed by atoms with Crippen LogP contribution in [-0.4, -0.2) is 17.5 Å². The van der Waals surface area contributed by atoms with E-state index in [-0.39, 0.29) is 12.5 Å². The second kappa shape index (κ2) is 5.30. The first kappa shape index (κ1) is 12.6. The van der Waals surface area contributed by atoms with Gasteiger partial charge < -0.3 is 15.4 Å². The number of aromatic nitrogens is 1. The summed E-state index contributed by atoms with van der Waals surface area (Å²) in [6, 6.07) is 11.4. The number of para-hydroxylation sites is 2. The molecule has 0 spiro atoms. The Labute approximate surface area is 117 Å². The number of amides is 1. The van der Waals surface area contributed by atoms with Gasteiger partial charge in [0.15, 0.2) is 6.61 Å². The van der Waals surface area contributed by atoms with Crippen LogP contribution in [0.25, 0.3) is 0 Å². The van der Waals surface area contributed by atoms with Crippen molar-refractivity contribution in [3.8, 4) is 5.75 Å². The average molecular weight is 269 g/mol. The highest BCUT2D eigenvalue weighted by Gasteiger charge is 2.25. The van der Waals surface area contributed by atoms with Crippen LogP contribution in [0.15, 0.2) is 42.6 Å². The van der Waals surface area contributed by atoms with Gasteiger partial charge in [-0.1, -0.05) is 12.1 Å². The molecule has 0 atom stereocenters. The van der Waals surface area contributed by atoms with Crippen LogP contribution in [-0.2, 0) is 17.9 Å². The first-order valence-corrected chi connectivity index (χ1v) is 6.44. The molecule has 2 heterocycles. The van der Waals surface area contributed by atoms with Gasteiger partial charge in [-0.05, 0) is 29.8 Å². The summed E-state index contributed by atoms with van der Waals surface area (Å²) in [5.41, 5.74) is 8.21. The van der Waals surface area contributed by atoms with Crippen LogP contribution in [0.4, 0.5) is 5.69 Å². The zero-order valence-electron chi connectivity index (χ0n) is 11.0. The molecular weight excluding hydrogens is 254 g/mol. The molecule has 0 unspecified atom stereocenters. The number of carbonyl (C=O) groups excluding carboxylic acids is 1. The zero-order valence-corrected chi connectivity index (χ0v) is 11.0. The molecule has 0 bridgehead atoms. The Balaban J connectivity index is 1.91. The smallest absolute Gasteiger partial charge is 0.265 e. The fourth-order valence-corrected chi connectivity index (χ4v) is 2.25. The standard InChI is InChI=1S/C15H15N3O2/c16-8-12-7-11(5-6-17-12)9-18-13-3-1-2-4-14(13)20-10-15(18)19/h1-7H,8-10,16H2. The number of nitrogens with zero attached hydrogens (tertiary/aromatic N) is 2. The second-order valence-corrected chi connectivity index (χ2v) is 4.60. The first-order chi connectivity index (χ1) is 9.78. The van der Waals surface area contributed by atoms with Crippen LogP contribution >= 0.6 is 0 Å². The molecule has 1 aliphatic rings. The average Bonchev–Trinajstić information content (AvgIpc) is 2.50. The van der Waals surface area contributed by atoms with Crippen LogP contribution in [0.5, 0.6) is 5.75 Å². The summed E-state index contributed by atoms with van der Waals surface area (Å²) in [6.07, 6.45) is 1.72. The van der Waals surface area contributed by atoms with Crippen LogP contribution < -0.4 is 15.4 Å². The van der Waals surface area contributed by atoms with Crippen LogP contribution in [0.2, 0.25) is 0 Å². The summed E-state index contributed by atoms with van der Waals surface area (Å²) < 4.78 is 5.43. The number of benzene rings is 1. The number of hydrogen-bond donors (Lipinski definition) is 1. The van der Waals surface area contributed by atoms with Gasteiger partial charge in [0.1, 0.15) is 5.75 Å². The molecule has 5 nitrogen and oxygen atoms in total. The van der Waals surface area contributed by atoms with E-state index in [1.54, 1.807) is 11.1 Å². The van der Waals surface area contributed by atoms with Crippen molar-refractivity contribution in [3.63, 3.8) is 0 Å². The van der Waals surface area contributed by atoms with Crippen LogP contribution in [0.3, 0.4) is 0 Å². The fourth-order valence-electron chi connectivity index (χ4n) is 2.25. The summed E-state index contributed by atoms with van der Waals surface area (Å²) in [6.45, 7) is 0.960. The van der Waals surface area contributed by atoms with Gasteiger partial charge in [-0.3, -0.25) is 9.78 Å². The van der Waals surface area contributed by atoms with Gasteiger partial charge in [0, 0.05) is 12.7 Å². The van der Waals surface area contributed by atoms with E-state index in [4.69, 9.17) is 10.5 Å². The van der Waals surface area contributed by atoms with E-state index in [2.05, 4.69) is 4.98 Å². The molecule has 1 aliphatic heterocycles. The van der Waals surface area contributed by atoms with E-state index in [0.29, 0.717) is 13.1 Å². The molecule has 1 aromatic heterocycles. The lowest BCUT2D eigenvalue weighted by atomic mass is 10.1. The maximum absolute atomic E-state index is 12.1. The highest BCUT2D eigenvalue weighted by molar-refractivity contribution is 5.97. The Morgan fingerprint density at radius 2 is 2.15 bits per heavy atom. The van der Waals surface area contributed by atoms with E-state index < -0.39 is 0 Å². The molecule has 2 aromatic rings. The molecule has 2 N–H and O–H groups in total. The number of pyridine rings is 1. The van der Waals surface area contributed by atoms with Gasteiger partial charge in [-0.25, -0.2) is 0 Å². The normalized spacial score (nSPS) is 13.8. The largest absolute Gasteiger partial charge is 0.482 e. The van der Waals surface area contributed by atoms with Gasteiger partial charge in [0.05, 0.1) is 17.9 Å². The number of fused-ring (bicyclic) bond motifs is 1. The Bertz CT molecular complexity index is 643. The van der Waals surface area contributed by atoms with Crippen molar-refractivity contribution in [1.82, 2.24) is 4.98 Å². The minimum Gasteiger partial charge on any atom is -0.482 e. The molecule has 1 amide bonds. The lowest BCUT2D eigenvalue weighted by Crippen LogP contribution is -2.38. The van der Waals surface area contributed by atoms with Crippen molar-refractivity contribution >= 4 is 11.6 Å². The van der Waals surface area contributed by atoms with Gasteiger partial charge >= 0.3 is 0 Å². The Kier molecular flexibility index (Phi) is 3.35. The highest BCUT2D eigenvalue weighted by atomic mass is 16.5. The summed E-state index contributed by atoms with van der Waals surface area (Å²) in [5.74, 6) is 0.690. The molecule has 0 saturated heterocycles. The van der Waals surface area contributed by atoms with Crippen molar-refractivity contribution in [2.45, 2.75) is 13.1 Å². The van der Waals surface area contributed by atoms with Crippen molar-refractivity contribution in [2.75, 3.05) is 11.5 Å². The van der Waals surface area contributed by atoms with Crippen LogP contribution in [0, 0.1) is 0 Å². The zero-order chi connectivity index (χ0) is 13.9. The van der Waals surface area contributed by atoms with Crippen LogP contribution in [0.1, 0.15) is 11.3 Å². The topological polar surface area (TPSA) is 68.5 Å². The minimum absolute atomic E-state index is 0.0465. The Morgan fingerprint density at radius 3 is 3.00 bits per heavy atom. The number of carbonyl (C=O) groups is 1. The third-order valence-electron chi connectivity index (χ3n) is 3.24. The minimum atomic E-state index is -0.0465. The van der Waals surface area contributed by atoms with Crippen molar-refractivity contribution in [3.05, 3.63) is 53.9 Å². The molecule has 1 aromatic carbocycles. The van der Waals surface area contributed by atoms with Gasteiger partial charge in [0.25, 0.3) is 5.91 Å². The molecule has 0 aliphatic carbocycles. The van der Waals surface area contributed by atoms with Crippen molar-refractivity contribution in [1.29, 1.82) is 0 Å². The number of hydrogen-bond acceptors (Lipinski definition) is 4. The first-order valence-electron chi connectivity index (χ1n) is 6.44. The number of rotatable bonds is 3. The summed E-state index contributed by atoms with van der Waals surface area (Å²) >= 11 is 0. The lowest BCUT2D eigenvalue weighted by molar-refractivity contribution is -0.121. The van der Waals surface area contributed by atoms with E-state index in [1.165, 1.54) is 0 Å². The molecule has 0 saturated carbocycles. The van der Waals surface area contributed by atoms with E-state index >= 15 is 0 Å². The summed E-state index contributed by atoms with van der Waals surface area (Å²) in [5, 5.41) is 0. The molecule has 102 valence electrons. The third-order valence-corrected chi connectivity index (χ3v) is 3.24. The van der Waals surface area contributed by atoms with Gasteiger partial charge in [-0.15, -0.1) is 0 Å². The highest BCUT2D eigenvalue weighted by Crippen LogP contribution is 2.32. The fraction of sp³-hybridized carbons (Fsp3) is 0.200.